The van der Waals surface area contributed by atoms with Gasteiger partial charge in [0.05, 0.1) is 0 Å². The number of alkyl halides is 2. The van der Waals surface area contributed by atoms with Gasteiger partial charge in [-0.15, -0.1) is 8.78 Å². The Hall–Kier alpha value is -3.42. The minimum atomic E-state index is -3.70. The number of carbonyl (C=O) groups is 2. The first-order valence-corrected chi connectivity index (χ1v) is 7.57. The Kier molecular flexibility index (Phi) is 4.57. The number of ether oxygens (including phenoxy) is 2. The van der Waals surface area contributed by atoms with Crippen LogP contribution in [-0.2, 0) is 4.79 Å². The summed E-state index contributed by atoms with van der Waals surface area (Å²) in [5.74, 6) is -0.904. The Morgan fingerprint density at radius 1 is 1.04 bits per heavy atom. The van der Waals surface area contributed by atoms with E-state index in [1.54, 1.807) is 30.3 Å². The second-order valence-electron chi connectivity index (χ2n) is 5.35. The predicted octanol–water partition coefficient (Wildman–Crippen LogP) is 3.02. The van der Waals surface area contributed by atoms with E-state index < -0.39 is 12.2 Å². The van der Waals surface area contributed by atoms with E-state index in [2.05, 4.69) is 20.1 Å². The molecule has 2 aromatic carbocycles. The van der Waals surface area contributed by atoms with Gasteiger partial charge in [-0.05, 0) is 35.9 Å². The average Bonchev–Trinajstić information content (AvgIpc) is 2.92. The highest BCUT2D eigenvalue weighted by atomic mass is 19.3. The number of rotatable bonds is 4. The molecule has 3 rings (SSSR count). The van der Waals surface area contributed by atoms with Gasteiger partial charge in [0.15, 0.2) is 11.5 Å². The summed E-state index contributed by atoms with van der Waals surface area (Å²) in [7, 11) is 1.54. The number of fused-ring (bicyclic) bond motifs is 1. The Morgan fingerprint density at radius 2 is 1.73 bits per heavy atom. The largest absolute Gasteiger partial charge is 0.586 e. The van der Waals surface area contributed by atoms with Crippen molar-refractivity contribution in [3.8, 4) is 11.5 Å². The number of carbonyl (C=O) groups excluding carboxylic acids is 2. The third-order valence-corrected chi connectivity index (χ3v) is 3.50. The van der Waals surface area contributed by atoms with Crippen molar-refractivity contribution >= 4 is 23.6 Å². The van der Waals surface area contributed by atoms with Crippen LogP contribution in [0.2, 0.25) is 0 Å². The van der Waals surface area contributed by atoms with Gasteiger partial charge >= 0.3 is 6.29 Å². The van der Waals surface area contributed by atoms with Crippen LogP contribution in [0.4, 0.5) is 14.5 Å². The molecule has 2 N–H and O–H groups in total. The number of hydrogen-bond donors (Lipinski definition) is 2. The van der Waals surface area contributed by atoms with E-state index in [0.29, 0.717) is 5.56 Å². The summed E-state index contributed by atoms with van der Waals surface area (Å²) >= 11 is 0. The molecule has 1 heterocycles. The molecule has 26 heavy (non-hydrogen) atoms. The molecule has 8 heteroatoms. The van der Waals surface area contributed by atoms with Gasteiger partial charge in [-0.2, -0.15) is 0 Å². The van der Waals surface area contributed by atoms with E-state index in [4.69, 9.17) is 0 Å². The van der Waals surface area contributed by atoms with Gasteiger partial charge in [-0.3, -0.25) is 9.59 Å². The highest BCUT2D eigenvalue weighted by Crippen LogP contribution is 2.42. The number of amides is 2. The smallest absolute Gasteiger partial charge is 0.395 e. The van der Waals surface area contributed by atoms with Crippen LogP contribution in [0.25, 0.3) is 6.08 Å². The van der Waals surface area contributed by atoms with Crippen LogP contribution >= 0.6 is 0 Å². The molecule has 1 aliphatic heterocycles. The molecule has 0 bridgehead atoms. The van der Waals surface area contributed by atoms with Gasteiger partial charge in [0.2, 0.25) is 5.91 Å². The SMILES string of the molecule is CNC(=O)c1ccc(C=CC(=O)Nc2ccc3c(c2)OC(F)(F)O3)cc1. The van der Waals surface area contributed by atoms with Gasteiger partial charge in [0.25, 0.3) is 5.91 Å². The van der Waals surface area contributed by atoms with Gasteiger partial charge in [0, 0.05) is 30.4 Å². The lowest BCUT2D eigenvalue weighted by Crippen LogP contribution is -2.25. The fraction of sp³-hybridized carbons (Fsp3) is 0.111. The van der Waals surface area contributed by atoms with Crippen LogP contribution in [0.3, 0.4) is 0 Å². The van der Waals surface area contributed by atoms with Crippen LogP contribution in [0.5, 0.6) is 11.5 Å². The van der Waals surface area contributed by atoms with Crippen molar-refractivity contribution in [1.82, 2.24) is 5.32 Å². The molecule has 0 unspecified atom stereocenters. The molecule has 0 saturated carbocycles. The molecule has 0 spiro atoms. The summed E-state index contributed by atoms with van der Waals surface area (Å²) < 4.78 is 34.6. The van der Waals surface area contributed by atoms with Gasteiger partial charge in [-0.25, -0.2) is 0 Å². The quantitative estimate of drug-likeness (QED) is 0.822. The summed E-state index contributed by atoms with van der Waals surface area (Å²) in [6, 6.07) is 10.6. The zero-order valence-corrected chi connectivity index (χ0v) is 13.6. The Morgan fingerprint density at radius 3 is 2.42 bits per heavy atom. The van der Waals surface area contributed by atoms with Crippen molar-refractivity contribution in [1.29, 1.82) is 0 Å². The topological polar surface area (TPSA) is 76.7 Å². The molecule has 0 saturated heterocycles. The molecule has 1 aliphatic rings. The maximum atomic E-state index is 13.0. The standard InChI is InChI=1S/C18H14F2N2O4/c1-21-17(24)12-5-2-11(3-6-12)4-9-16(23)22-13-7-8-14-15(10-13)26-18(19,20)25-14/h2-10H,1H3,(H,21,24)(H,22,23). The maximum Gasteiger partial charge on any atom is 0.586 e. The number of benzene rings is 2. The van der Waals surface area contributed by atoms with E-state index >= 15 is 0 Å². The van der Waals surface area contributed by atoms with E-state index in [-0.39, 0.29) is 23.1 Å². The molecule has 2 aromatic rings. The van der Waals surface area contributed by atoms with Crippen LogP contribution in [0.15, 0.2) is 48.5 Å². The first-order chi connectivity index (χ1) is 12.4. The highest BCUT2D eigenvalue weighted by molar-refractivity contribution is 6.02. The lowest BCUT2D eigenvalue weighted by Gasteiger charge is -2.04. The van der Waals surface area contributed by atoms with Crippen molar-refractivity contribution < 1.29 is 27.8 Å². The van der Waals surface area contributed by atoms with Crippen molar-refractivity contribution in [2.45, 2.75) is 6.29 Å². The number of hydrogen-bond acceptors (Lipinski definition) is 4. The molecular formula is C18H14F2N2O4. The number of halogens is 2. The molecule has 0 aromatic heterocycles. The van der Waals surface area contributed by atoms with Crippen LogP contribution in [0, 0.1) is 0 Å². The highest BCUT2D eigenvalue weighted by Gasteiger charge is 2.43. The maximum absolute atomic E-state index is 13.0. The fourth-order valence-corrected chi connectivity index (χ4v) is 2.27. The van der Waals surface area contributed by atoms with Crippen molar-refractivity contribution in [3.63, 3.8) is 0 Å². The van der Waals surface area contributed by atoms with Gasteiger partial charge < -0.3 is 20.1 Å². The number of nitrogens with one attached hydrogen (secondary N) is 2. The Labute approximate surface area is 147 Å². The molecule has 0 radical (unpaired) electrons. The normalized spacial score (nSPS) is 14.3. The van der Waals surface area contributed by atoms with E-state index in [1.807, 2.05) is 0 Å². The lowest BCUT2D eigenvalue weighted by molar-refractivity contribution is -0.286. The Bertz CT molecular complexity index is 879. The van der Waals surface area contributed by atoms with Crippen LogP contribution in [0.1, 0.15) is 15.9 Å². The molecular weight excluding hydrogens is 346 g/mol. The molecule has 0 fully saturated rings. The van der Waals surface area contributed by atoms with Crippen LogP contribution < -0.4 is 20.1 Å². The van der Waals surface area contributed by atoms with Crippen LogP contribution in [-0.4, -0.2) is 25.2 Å². The molecule has 6 nitrogen and oxygen atoms in total. The second-order valence-corrected chi connectivity index (χ2v) is 5.35. The van der Waals surface area contributed by atoms with Crippen molar-refractivity contribution in [2.24, 2.45) is 0 Å². The Balaban J connectivity index is 1.63. The summed E-state index contributed by atoms with van der Waals surface area (Å²) in [6.45, 7) is 0. The van der Waals surface area contributed by atoms with Crippen molar-refractivity contribution in [3.05, 3.63) is 59.7 Å². The molecule has 2 amide bonds. The second kappa shape index (κ2) is 6.83. The number of anilines is 1. The van der Waals surface area contributed by atoms with E-state index in [9.17, 15) is 18.4 Å². The first-order valence-electron chi connectivity index (χ1n) is 7.57. The predicted molar refractivity (Wildman–Crippen MR) is 90.1 cm³/mol. The third-order valence-electron chi connectivity index (χ3n) is 3.50. The molecule has 0 aliphatic carbocycles. The zero-order chi connectivity index (χ0) is 18.7. The minimum absolute atomic E-state index is 0.0975. The summed E-state index contributed by atoms with van der Waals surface area (Å²) in [4.78, 5) is 23.4. The molecule has 134 valence electrons. The summed E-state index contributed by atoms with van der Waals surface area (Å²) in [6.07, 6.45) is -0.857. The minimum Gasteiger partial charge on any atom is -0.395 e. The third kappa shape index (κ3) is 3.97. The van der Waals surface area contributed by atoms with Gasteiger partial charge in [0.1, 0.15) is 0 Å². The van der Waals surface area contributed by atoms with E-state index in [1.165, 1.54) is 31.3 Å². The summed E-state index contributed by atoms with van der Waals surface area (Å²) in [5.41, 5.74) is 1.51. The average molecular weight is 360 g/mol. The first kappa shape index (κ1) is 17.4. The monoisotopic (exact) mass is 360 g/mol. The van der Waals surface area contributed by atoms with E-state index in [0.717, 1.165) is 5.56 Å². The summed E-state index contributed by atoms with van der Waals surface area (Å²) in [5, 5.41) is 5.05. The van der Waals surface area contributed by atoms with Gasteiger partial charge in [-0.1, -0.05) is 12.1 Å². The lowest BCUT2D eigenvalue weighted by atomic mass is 10.1. The van der Waals surface area contributed by atoms with Crippen molar-refractivity contribution in [2.75, 3.05) is 12.4 Å². The fourth-order valence-electron chi connectivity index (χ4n) is 2.27. The zero-order valence-electron chi connectivity index (χ0n) is 13.6. The molecule has 0 atom stereocenters.